The molecule has 0 aliphatic carbocycles. The summed E-state index contributed by atoms with van der Waals surface area (Å²) < 4.78 is 31.0. The smallest absolute Gasteiger partial charge is 0.178 e. The van der Waals surface area contributed by atoms with E-state index in [9.17, 15) is 4.39 Å². The molecule has 7 heteroatoms. The molecule has 30 heavy (non-hydrogen) atoms. The molecule has 3 aromatic rings. The second-order valence-electron chi connectivity index (χ2n) is 7.14. The number of nitrogens with zero attached hydrogens (tertiary/aromatic N) is 3. The highest BCUT2D eigenvalue weighted by Crippen LogP contribution is 2.38. The summed E-state index contributed by atoms with van der Waals surface area (Å²) in [7, 11) is 0. The van der Waals surface area contributed by atoms with E-state index in [1.165, 1.54) is 6.07 Å². The highest BCUT2D eigenvalue weighted by atomic mass is 19.1. The molecule has 2 aromatic carbocycles. The van der Waals surface area contributed by atoms with Crippen LogP contribution in [0.15, 0.2) is 60.8 Å². The molecule has 2 aliphatic rings. The molecule has 0 saturated carbocycles. The minimum atomic E-state index is -0.364. The van der Waals surface area contributed by atoms with Crippen molar-refractivity contribution in [2.45, 2.75) is 0 Å². The number of fused-ring (bicyclic) bond motifs is 1. The van der Waals surface area contributed by atoms with Crippen LogP contribution in [0, 0.1) is 5.82 Å². The van der Waals surface area contributed by atoms with E-state index >= 15 is 0 Å². The molecule has 0 atom stereocenters. The van der Waals surface area contributed by atoms with E-state index in [2.05, 4.69) is 16.0 Å². The van der Waals surface area contributed by atoms with Crippen molar-refractivity contribution in [1.82, 2.24) is 4.98 Å². The van der Waals surface area contributed by atoms with Crippen LogP contribution >= 0.6 is 0 Å². The van der Waals surface area contributed by atoms with Crippen LogP contribution in [0.5, 0.6) is 17.2 Å². The maximum Gasteiger partial charge on any atom is 0.178 e. The van der Waals surface area contributed by atoms with Gasteiger partial charge in [0.05, 0.1) is 31.6 Å². The highest BCUT2D eigenvalue weighted by molar-refractivity contribution is 5.68. The van der Waals surface area contributed by atoms with Gasteiger partial charge in [0, 0.05) is 24.8 Å². The Kier molecular flexibility index (Phi) is 5.11. The van der Waals surface area contributed by atoms with Crippen molar-refractivity contribution in [1.29, 1.82) is 0 Å². The number of morpholine rings is 1. The Balaban J connectivity index is 1.33. The van der Waals surface area contributed by atoms with E-state index in [-0.39, 0.29) is 11.6 Å². The Bertz CT molecular complexity index is 1020. The molecule has 6 nitrogen and oxygen atoms in total. The summed E-state index contributed by atoms with van der Waals surface area (Å²) in [6, 6.07) is 16.7. The second kappa shape index (κ2) is 8.20. The molecule has 2 aliphatic heterocycles. The number of anilines is 3. The summed E-state index contributed by atoms with van der Waals surface area (Å²) in [6.07, 6.45) is 1.69. The van der Waals surface area contributed by atoms with Crippen LogP contribution in [-0.2, 0) is 4.74 Å². The lowest BCUT2D eigenvalue weighted by molar-refractivity contribution is 0.122. The first-order valence-electron chi connectivity index (χ1n) is 10.0. The highest BCUT2D eigenvalue weighted by Gasteiger charge is 2.23. The average molecular weight is 407 g/mol. The normalized spacial score (nSPS) is 16.0. The average Bonchev–Trinajstić information content (AvgIpc) is 2.80. The number of para-hydroxylation sites is 1. The number of hydrogen-bond acceptors (Lipinski definition) is 6. The van der Waals surface area contributed by atoms with Gasteiger partial charge in [-0.1, -0.05) is 12.1 Å². The van der Waals surface area contributed by atoms with Crippen LogP contribution in [-0.4, -0.2) is 44.4 Å². The predicted molar refractivity (Wildman–Crippen MR) is 113 cm³/mol. The number of ether oxygens (including phenoxy) is 3. The van der Waals surface area contributed by atoms with Crippen LogP contribution in [0.25, 0.3) is 0 Å². The van der Waals surface area contributed by atoms with Crippen molar-refractivity contribution in [3.8, 4) is 17.2 Å². The van der Waals surface area contributed by atoms with Gasteiger partial charge in [-0.25, -0.2) is 9.37 Å². The van der Waals surface area contributed by atoms with E-state index in [0.717, 1.165) is 43.6 Å². The number of aromatic nitrogens is 1. The Morgan fingerprint density at radius 3 is 2.60 bits per heavy atom. The zero-order valence-corrected chi connectivity index (χ0v) is 16.5. The lowest BCUT2D eigenvalue weighted by Crippen LogP contribution is -2.36. The Hall–Kier alpha value is -3.32. The molecule has 1 saturated heterocycles. The van der Waals surface area contributed by atoms with Crippen LogP contribution in [0.1, 0.15) is 0 Å². The number of hydrogen-bond donors (Lipinski definition) is 0. The van der Waals surface area contributed by atoms with E-state index in [4.69, 9.17) is 14.2 Å². The fourth-order valence-electron chi connectivity index (χ4n) is 3.74. The molecule has 0 N–H and O–H groups in total. The van der Waals surface area contributed by atoms with E-state index < -0.39 is 0 Å². The van der Waals surface area contributed by atoms with Crippen molar-refractivity contribution < 1.29 is 18.6 Å². The molecule has 0 radical (unpaired) electrons. The molecule has 5 rings (SSSR count). The Labute approximate surface area is 174 Å². The van der Waals surface area contributed by atoms with Crippen molar-refractivity contribution in [2.75, 3.05) is 49.3 Å². The number of halogens is 1. The second-order valence-corrected chi connectivity index (χ2v) is 7.14. The lowest BCUT2D eigenvalue weighted by Gasteiger charge is -2.30. The topological polar surface area (TPSA) is 47.1 Å². The van der Waals surface area contributed by atoms with Gasteiger partial charge in [0.15, 0.2) is 11.6 Å². The summed E-state index contributed by atoms with van der Waals surface area (Å²) in [5.41, 5.74) is 1.80. The zero-order valence-electron chi connectivity index (χ0n) is 16.5. The first kappa shape index (κ1) is 18.7. The van der Waals surface area contributed by atoms with E-state index in [0.29, 0.717) is 24.6 Å². The van der Waals surface area contributed by atoms with Gasteiger partial charge in [-0.15, -0.1) is 0 Å². The quantitative estimate of drug-likeness (QED) is 0.640. The molecule has 154 valence electrons. The maximum absolute atomic E-state index is 14.0. The van der Waals surface area contributed by atoms with Gasteiger partial charge in [-0.05, 0) is 36.4 Å². The van der Waals surface area contributed by atoms with Crippen LogP contribution in [0.2, 0.25) is 0 Å². The Morgan fingerprint density at radius 2 is 1.77 bits per heavy atom. The van der Waals surface area contributed by atoms with Crippen LogP contribution in [0.3, 0.4) is 0 Å². The summed E-state index contributed by atoms with van der Waals surface area (Å²) >= 11 is 0. The molecule has 0 unspecified atom stereocenters. The number of pyridine rings is 1. The van der Waals surface area contributed by atoms with E-state index in [1.54, 1.807) is 12.3 Å². The van der Waals surface area contributed by atoms with Crippen LogP contribution in [0.4, 0.5) is 21.6 Å². The van der Waals surface area contributed by atoms with Gasteiger partial charge < -0.3 is 24.0 Å². The predicted octanol–water partition coefficient (Wildman–Crippen LogP) is 4.38. The van der Waals surface area contributed by atoms with Gasteiger partial charge in [-0.2, -0.15) is 0 Å². The van der Waals surface area contributed by atoms with Crippen molar-refractivity contribution in [3.63, 3.8) is 0 Å². The number of rotatable bonds is 4. The van der Waals surface area contributed by atoms with Crippen molar-refractivity contribution in [3.05, 3.63) is 66.6 Å². The van der Waals surface area contributed by atoms with Gasteiger partial charge in [-0.3, -0.25) is 0 Å². The molecule has 0 bridgehead atoms. The Morgan fingerprint density at radius 1 is 0.900 bits per heavy atom. The third-order valence-corrected chi connectivity index (χ3v) is 5.23. The standard InChI is InChI=1S/C23H22FN3O3/c24-20-5-2-6-21-23(20)29-14-11-27(21)22-8-7-19(16-25-22)30-18-4-1-3-17(15-18)26-9-12-28-13-10-26/h1-8,15-16H,9-14H2. The minimum Gasteiger partial charge on any atom is -0.486 e. The fraction of sp³-hybridized carbons (Fsp3) is 0.261. The molecule has 3 heterocycles. The zero-order chi connectivity index (χ0) is 20.3. The molecule has 1 aromatic heterocycles. The monoisotopic (exact) mass is 407 g/mol. The first-order chi connectivity index (χ1) is 14.8. The molecule has 1 fully saturated rings. The lowest BCUT2D eigenvalue weighted by atomic mass is 10.2. The maximum atomic E-state index is 14.0. The molecule has 0 spiro atoms. The molecular weight excluding hydrogens is 385 g/mol. The largest absolute Gasteiger partial charge is 0.486 e. The SMILES string of the molecule is Fc1cccc2c1OCCN2c1ccc(Oc2cccc(N3CCOCC3)c2)cn1. The van der Waals surface area contributed by atoms with Crippen molar-refractivity contribution in [2.24, 2.45) is 0 Å². The van der Waals surface area contributed by atoms with Gasteiger partial charge in [0.25, 0.3) is 0 Å². The molecule has 0 amide bonds. The van der Waals surface area contributed by atoms with E-state index in [1.807, 2.05) is 41.3 Å². The minimum absolute atomic E-state index is 0.269. The van der Waals surface area contributed by atoms with Crippen molar-refractivity contribution >= 4 is 17.2 Å². The van der Waals surface area contributed by atoms with Crippen LogP contribution < -0.4 is 19.3 Å². The third-order valence-electron chi connectivity index (χ3n) is 5.23. The first-order valence-corrected chi connectivity index (χ1v) is 10.0. The van der Waals surface area contributed by atoms with Gasteiger partial charge in [0.2, 0.25) is 0 Å². The van der Waals surface area contributed by atoms with Gasteiger partial charge >= 0.3 is 0 Å². The molecular formula is C23H22FN3O3. The summed E-state index contributed by atoms with van der Waals surface area (Å²) in [4.78, 5) is 8.77. The summed E-state index contributed by atoms with van der Waals surface area (Å²) in [6.45, 7) is 4.24. The number of benzene rings is 2. The fourth-order valence-corrected chi connectivity index (χ4v) is 3.74. The summed E-state index contributed by atoms with van der Waals surface area (Å²) in [5, 5.41) is 0. The third kappa shape index (κ3) is 3.76. The summed E-state index contributed by atoms with van der Waals surface area (Å²) in [5.74, 6) is 2.03. The van der Waals surface area contributed by atoms with Gasteiger partial charge in [0.1, 0.15) is 23.9 Å².